The third-order valence-corrected chi connectivity index (χ3v) is 1.53. The van der Waals surface area contributed by atoms with E-state index in [1.165, 1.54) is 7.11 Å². The van der Waals surface area contributed by atoms with Crippen LogP contribution in [0.4, 0.5) is 0 Å². The zero-order chi connectivity index (χ0) is 9.56. The Morgan fingerprint density at radius 1 is 1.67 bits per heavy atom. The molecule has 0 saturated heterocycles. The number of carbonyl (C=O) groups is 1. The molecule has 0 radical (unpaired) electrons. The second kappa shape index (κ2) is 5.77. The van der Waals surface area contributed by atoms with Crippen LogP contribution in [0.25, 0.3) is 0 Å². The van der Waals surface area contributed by atoms with Crippen LogP contribution in [-0.2, 0) is 9.53 Å². The van der Waals surface area contributed by atoms with Crippen molar-refractivity contribution in [3.8, 4) is 0 Å². The molecule has 0 rings (SSSR count). The Hall–Kier alpha value is -0.830. The summed E-state index contributed by atoms with van der Waals surface area (Å²) < 4.78 is 4.61. The highest BCUT2D eigenvalue weighted by molar-refractivity contribution is 5.79. The molecule has 0 aromatic heterocycles. The molecule has 0 aliphatic rings. The maximum atomic E-state index is 11.1. The summed E-state index contributed by atoms with van der Waals surface area (Å²) in [7, 11) is 1.38. The van der Waals surface area contributed by atoms with Crippen LogP contribution >= 0.6 is 0 Å². The number of carbonyl (C=O) groups excluding carboxylic acids is 1. The zero-order valence-electron chi connectivity index (χ0n) is 8.02. The minimum atomic E-state index is -0.352. The van der Waals surface area contributed by atoms with Gasteiger partial charge in [0, 0.05) is 0 Å². The zero-order valence-corrected chi connectivity index (χ0v) is 8.02. The van der Waals surface area contributed by atoms with Gasteiger partial charge in [0.2, 0.25) is 0 Å². The van der Waals surface area contributed by atoms with Crippen LogP contribution in [0.15, 0.2) is 12.2 Å². The highest BCUT2D eigenvalue weighted by Gasteiger charge is 2.17. The lowest BCUT2D eigenvalue weighted by atomic mass is 10.1. The lowest BCUT2D eigenvalue weighted by Gasteiger charge is -2.15. The summed E-state index contributed by atoms with van der Waals surface area (Å²) >= 11 is 0. The van der Waals surface area contributed by atoms with Crippen molar-refractivity contribution in [3.63, 3.8) is 0 Å². The van der Waals surface area contributed by atoms with E-state index in [0.717, 1.165) is 18.5 Å². The molecular formula is C9H17NO2. The van der Waals surface area contributed by atoms with Gasteiger partial charge in [0.15, 0.2) is 0 Å². The van der Waals surface area contributed by atoms with Crippen molar-refractivity contribution in [3.05, 3.63) is 12.2 Å². The summed E-state index contributed by atoms with van der Waals surface area (Å²) in [5.41, 5.74) is 0.787. The summed E-state index contributed by atoms with van der Waals surface area (Å²) in [4.78, 5) is 11.1. The number of methoxy groups -OCH3 is 1. The average molecular weight is 171 g/mol. The van der Waals surface area contributed by atoms with Gasteiger partial charge in [-0.1, -0.05) is 19.1 Å². The molecule has 0 aliphatic heterocycles. The quantitative estimate of drug-likeness (QED) is 0.497. The molecule has 1 N–H and O–H groups in total. The number of nitrogens with one attached hydrogen (secondary N) is 1. The van der Waals surface area contributed by atoms with Gasteiger partial charge in [-0.05, 0) is 19.9 Å². The fraction of sp³-hybridized carbons (Fsp3) is 0.667. The van der Waals surface area contributed by atoms with Crippen LogP contribution in [0.5, 0.6) is 0 Å². The number of hydrogen-bond donors (Lipinski definition) is 1. The van der Waals surface area contributed by atoms with Crippen LogP contribution in [-0.4, -0.2) is 25.7 Å². The molecule has 0 heterocycles. The second-order valence-corrected chi connectivity index (χ2v) is 2.76. The van der Waals surface area contributed by atoms with Gasteiger partial charge < -0.3 is 10.1 Å². The molecule has 3 nitrogen and oxygen atoms in total. The van der Waals surface area contributed by atoms with E-state index >= 15 is 0 Å². The summed E-state index contributed by atoms with van der Waals surface area (Å²) in [6.07, 6.45) is 0.987. The summed E-state index contributed by atoms with van der Waals surface area (Å²) in [5.74, 6) is -0.268. The molecule has 0 saturated carbocycles. The third-order valence-electron chi connectivity index (χ3n) is 1.53. The Morgan fingerprint density at radius 2 is 2.25 bits per heavy atom. The Morgan fingerprint density at radius 3 is 2.58 bits per heavy atom. The smallest absolute Gasteiger partial charge is 0.327 e. The van der Waals surface area contributed by atoms with E-state index < -0.39 is 0 Å². The monoisotopic (exact) mass is 171 g/mol. The maximum absolute atomic E-state index is 11.1. The van der Waals surface area contributed by atoms with Gasteiger partial charge in [-0.2, -0.15) is 0 Å². The van der Waals surface area contributed by atoms with Crippen molar-refractivity contribution < 1.29 is 9.53 Å². The first kappa shape index (κ1) is 11.2. The van der Waals surface area contributed by atoms with E-state index in [0.29, 0.717) is 0 Å². The molecule has 12 heavy (non-hydrogen) atoms. The van der Waals surface area contributed by atoms with Crippen LogP contribution in [0.2, 0.25) is 0 Å². The van der Waals surface area contributed by atoms with Gasteiger partial charge in [0.05, 0.1) is 7.11 Å². The Kier molecular flexibility index (Phi) is 5.37. The molecule has 70 valence electrons. The largest absolute Gasteiger partial charge is 0.468 e. The number of rotatable bonds is 5. The second-order valence-electron chi connectivity index (χ2n) is 2.76. The fourth-order valence-electron chi connectivity index (χ4n) is 0.865. The predicted molar refractivity (Wildman–Crippen MR) is 48.9 cm³/mol. The Labute approximate surface area is 73.8 Å². The summed E-state index contributed by atoms with van der Waals surface area (Å²) in [6, 6.07) is -0.352. The van der Waals surface area contributed by atoms with Crippen molar-refractivity contribution in [2.75, 3.05) is 13.7 Å². The molecule has 0 amide bonds. The first-order valence-corrected chi connectivity index (χ1v) is 4.10. The SMILES string of the molecule is C=C(C)C(NCCC)C(=O)OC. The molecule has 0 aromatic rings. The summed E-state index contributed by atoms with van der Waals surface area (Å²) in [5, 5.41) is 3.05. The predicted octanol–water partition coefficient (Wildman–Crippen LogP) is 1.10. The van der Waals surface area contributed by atoms with E-state index in [1.807, 2.05) is 13.8 Å². The molecule has 1 atom stereocenters. The highest BCUT2D eigenvalue weighted by Crippen LogP contribution is 1.99. The van der Waals surface area contributed by atoms with E-state index in [4.69, 9.17) is 0 Å². The molecule has 0 aliphatic carbocycles. The molecule has 0 bridgehead atoms. The third kappa shape index (κ3) is 3.53. The molecule has 0 aromatic carbocycles. The first-order valence-electron chi connectivity index (χ1n) is 4.10. The van der Waals surface area contributed by atoms with Crippen molar-refractivity contribution >= 4 is 5.97 Å². The van der Waals surface area contributed by atoms with Crippen molar-refractivity contribution in [2.24, 2.45) is 0 Å². The first-order chi connectivity index (χ1) is 5.63. The van der Waals surface area contributed by atoms with Crippen molar-refractivity contribution in [2.45, 2.75) is 26.3 Å². The number of esters is 1. The molecular weight excluding hydrogens is 154 g/mol. The molecule has 0 spiro atoms. The molecule has 0 fully saturated rings. The van der Waals surface area contributed by atoms with Gasteiger partial charge in [0.1, 0.15) is 6.04 Å². The lowest BCUT2D eigenvalue weighted by molar-refractivity contribution is -0.142. The van der Waals surface area contributed by atoms with Gasteiger partial charge >= 0.3 is 5.97 Å². The number of ether oxygens (including phenoxy) is 1. The van der Waals surface area contributed by atoms with Gasteiger partial charge in [-0.25, -0.2) is 0 Å². The molecule has 1 unspecified atom stereocenters. The van der Waals surface area contributed by atoms with Crippen LogP contribution in [0.1, 0.15) is 20.3 Å². The lowest BCUT2D eigenvalue weighted by Crippen LogP contribution is -2.38. The van der Waals surface area contributed by atoms with Crippen molar-refractivity contribution in [1.29, 1.82) is 0 Å². The van der Waals surface area contributed by atoms with Crippen molar-refractivity contribution in [1.82, 2.24) is 5.32 Å². The Bertz CT molecular complexity index is 166. The minimum absolute atomic E-state index is 0.268. The van der Waals surface area contributed by atoms with Gasteiger partial charge in [0.25, 0.3) is 0 Å². The Balaban J connectivity index is 4.04. The fourth-order valence-corrected chi connectivity index (χ4v) is 0.865. The van der Waals surface area contributed by atoms with Crippen LogP contribution in [0.3, 0.4) is 0 Å². The van der Waals surface area contributed by atoms with E-state index in [2.05, 4.69) is 16.6 Å². The minimum Gasteiger partial charge on any atom is -0.468 e. The van der Waals surface area contributed by atoms with Crippen LogP contribution < -0.4 is 5.32 Å². The van der Waals surface area contributed by atoms with Crippen LogP contribution in [0, 0.1) is 0 Å². The van der Waals surface area contributed by atoms with Gasteiger partial charge in [-0.3, -0.25) is 4.79 Å². The maximum Gasteiger partial charge on any atom is 0.327 e. The standard InChI is InChI=1S/C9H17NO2/c1-5-6-10-8(7(2)3)9(11)12-4/h8,10H,2,5-6H2,1,3-4H3. The number of hydrogen-bond acceptors (Lipinski definition) is 3. The molecule has 3 heteroatoms. The highest BCUT2D eigenvalue weighted by atomic mass is 16.5. The van der Waals surface area contributed by atoms with E-state index in [9.17, 15) is 4.79 Å². The topological polar surface area (TPSA) is 38.3 Å². The van der Waals surface area contributed by atoms with Gasteiger partial charge in [-0.15, -0.1) is 0 Å². The average Bonchev–Trinajstić information content (AvgIpc) is 2.04. The van der Waals surface area contributed by atoms with E-state index in [-0.39, 0.29) is 12.0 Å². The normalized spacial score (nSPS) is 12.2. The summed E-state index contributed by atoms with van der Waals surface area (Å²) in [6.45, 7) is 8.36. The van der Waals surface area contributed by atoms with E-state index in [1.54, 1.807) is 0 Å².